The van der Waals surface area contributed by atoms with Crippen LogP contribution in [-0.4, -0.2) is 33.0 Å². The van der Waals surface area contributed by atoms with Gasteiger partial charge < -0.3 is 14.9 Å². The highest BCUT2D eigenvalue weighted by Crippen LogP contribution is 2.31. The van der Waals surface area contributed by atoms with Gasteiger partial charge in [-0.25, -0.2) is 18.3 Å². The highest BCUT2D eigenvalue weighted by molar-refractivity contribution is 7.17. The molecule has 9 nitrogen and oxygen atoms in total. The van der Waals surface area contributed by atoms with E-state index in [1.165, 1.54) is 19.4 Å². The van der Waals surface area contributed by atoms with Gasteiger partial charge in [-0.1, -0.05) is 11.3 Å². The number of rotatable bonds is 5. The van der Waals surface area contributed by atoms with E-state index in [1.807, 2.05) is 0 Å². The first-order valence-corrected chi connectivity index (χ1v) is 7.42. The summed E-state index contributed by atoms with van der Waals surface area (Å²) in [4.78, 5) is 23.2. The van der Waals surface area contributed by atoms with E-state index < -0.39 is 23.7 Å². The lowest BCUT2D eigenvalue weighted by Gasteiger charge is -2.04. The Kier molecular flexibility index (Phi) is 4.27. The number of primary amides is 1. The maximum absolute atomic E-state index is 13.0. The number of aromatic nitrogens is 4. The van der Waals surface area contributed by atoms with Crippen molar-refractivity contribution < 1.29 is 22.7 Å². The van der Waals surface area contributed by atoms with E-state index in [9.17, 15) is 18.4 Å². The van der Waals surface area contributed by atoms with Crippen LogP contribution in [0.3, 0.4) is 0 Å². The third-order valence-electron chi connectivity index (χ3n) is 3.08. The Morgan fingerprint density at radius 2 is 2.20 bits per heavy atom. The third kappa shape index (κ3) is 2.98. The summed E-state index contributed by atoms with van der Waals surface area (Å²) < 4.78 is 36.5. The zero-order chi connectivity index (χ0) is 18.1. The van der Waals surface area contributed by atoms with Crippen molar-refractivity contribution in [2.24, 2.45) is 5.73 Å². The topological polar surface area (TPSA) is 126 Å². The van der Waals surface area contributed by atoms with Crippen LogP contribution < -0.4 is 16.1 Å². The largest absolute Gasteiger partial charge is 0.490 e. The molecule has 12 heteroatoms. The van der Waals surface area contributed by atoms with E-state index in [2.05, 4.69) is 15.3 Å². The number of nitrogens with zero attached hydrogens (tertiary/aromatic N) is 4. The number of ether oxygens (including phenoxy) is 1. The zero-order valence-electron chi connectivity index (χ0n) is 12.5. The predicted octanol–water partition coefficient (Wildman–Crippen LogP) is 1.39. The summed E-state index contributed by atoms with van der Waals surface area (Å²) in [6.45, 7) is 0. The molecule has 0 spiro atoms. The second kappa shape index (κ2) is 6.39. The fourth-order valence-electron chi connectivity index (χ4n) is 1.99. The molecule has 130 valence electrons. The summed E-state index contributed by atoms with van der Waals surface area (Å²) in [5, 5.41) is 11.5. The Hall–Kier alpha value is -3.15. The molecule has 0 aromatic carbocycles. The normalized spacial score (nSPS) is 11.0. The molecular formula is C13H9F2N5O4S. The van der Waals surface area contributed by atoms with Crippen LogP contribution in [0.5, 0.6) is 5.75 Å². The van der Waals surface area contributed by atoms with Crippen LogP contribution >= 0.6 is 11.3 Å². The van der Waals surface area contributed by atoms with Crippen molar-refractivity contribution in [3.8, 4) is 21.5 Å². The van der Waals surface area contributed by atoms with Crippen molar-refractivity contribution in [3.05, 3.63) is 40.2 Å². The number of halogens is 2. The highest BCUT2D eigenvalue weighted by Gasteiger charge is 2.23. The van der Waals surface area contributed by atoms with Gasteiger partial charge >= 0.3 is 5.63 Å². The Morgan fingerprint density at radius 3 is 2.84 bits per heavy atom. The molecule has 3 aromatic heterocycles. The molecule has 3 heterocycles. The van der Waals surface area contributed by atoms with Crippen LogP contribution in [0.4, 0.5) is 8.78 Å². The van der Waals surface area contributed by atoms with Gasteiger partial charge in [0.2, 0.25) is 16.6 Å². The van der Waals surface area contributed by atoms with Crippen LogP contribution in [0.25, 0.3) is 15.7 Å². The van der Waals surface area contributed by atoms with Gasteiger partial charge in [-0.05, 0) is 6.07 Å². The number of hydrogen-bond acceptors (Lipinski definition) is 8. The summed E-state index contributed by atoms with van der Waals surface area (Å²) >= 11 is 0.851. The van der Waals surface area contributed by atoms with E-state index in [-0.39, 0.29) is 27.1 Å². The minimum absolute atomic E-state index is 0.0379. The minimum atomic E-state index is -2.76. The average Bonchev–Trinajstić information content (AvgIpc) is 3.23. The molecule has 3 aromatic rings. The molecular weight excluding hydrogens is 360 g/mol. The number of carbonyl (C=O) groups is 1. The maximum atomic E-state index is 13.0. The van der Waals surface area contributed by atoms with Crippen LogP contribution in [0.15, 0.2) is 27.5 Å². The van der Waals surface area contributed by atoms with Crippen molar-refractivity contribution in [3.63, 3.8) is 0 Å². The fraction of sp³-hybridized carbons (Fsp3) is 0.154. The van der Waals surface area contributed by atoms with Gasteiger partial charge in [0.15, 0.2) is 5.01 Å². The summed E-state index contributed by atoms with van der Waals surface area (Å²) in [6, 6.07) is 2.36. The van der Waals surface area contributed by atoms with E-state index in [4.69, 9.17) is 14.9 Å². The van der Waals surface area contributed by atoms with Crippen molar-refractivity contribution in [1.29, 1.82) is 0 Å². The molecule has 2 N–H and O–H groups in total. The standard InChI is InChI=1S/C13H9F2N5O4S/c1-23-7-4-5(8(10(16)21)24-12(7)22)11-18-19-13(25-11)20-6(9(14)15)2-3-17-20/h2-4,9H,1H3,(H2,16,21). The molecule has 0 unspecified atom stereocenters. The second-order valence-corrected chi connectivity index (χ2v) is 5.52. The number of methoxy groups -OCH3 is 1. The van der Waals surface area contributed by atoms with Crippen LogP contribution in [0.1, 0.15) is 22.7 Å². The molecule has 0 bridgehead atoms. The average molecular weight is 369 g/mol. The number of carbonyl (C=O) groups excluding carboxylic acids is 1. The van der Waals surface area contributed by atoms with Gasteiger partial charge in [-0.15, -0.1) is 10.2 Å². The lowest BCUT2D eigenvalue weighted by atomic mass is 10.2. The molecule has 3 rings (SSSR count). The smallest absolute Gasteiger partial charge is 0.379 e. The van der Waals surface area contributed by atoms with Crippen LogP contribution in [0, 0.1) is 0 Å². The SMILES string of the molecule is COc1cc(-c2nnc(-n3nccc3C(F)F)s2)c(C(N)=O)oc1=O. The van der Waals surface area contributed by atoms with Crippen LogP contribution in [-0.2, 0) is 0 Å². The lowest BCUT2D eigenvalue weighted by Crippen LogP contribution is -2.16. The predicted molar refractivity (Wildman–Crippen MR) is 81.0 cm³/mol. The Balaban J connectivity index is 2.13. The summed E-state index contributed by atoms with van der Waals surface area (Å²) in [5.41, 5.74) is 4.00. The molecule has 0 saturated heterocycles. The number of nitrogens with two attached hydrogens (primary N) is 1. The monoisotopic (exact) mass is 369 g/mol. The zero-order valence-corrected chi connectivity index (χ0v) is 13.3. The van der Waals surface area contributed by atoms with Gasteiger partial charge in [0.25, 0.3) is 12.3 Å². The van der Waals surface area contributed by atoms with E-state index in [0.29, 0.717) is 0 Å². The third-order valence-corrected chi connectivity index (χ3v) is 4.01. The first-order chi connectivity index (χ1) is 11.9. The Bertz CT molecular complexity index is 996. The Labute approximate surface area is 141 Å². The molecule has 0 aliphatic carbocycles. The molecule has 0 fully saturated rings. The van der Waals surface area contributed by atoms with Crippen molar-refractivity contribution in [2.45, 2.75) is 6.43 Å². The molecule has 25 heavy (non-hydrogen) atoms. The number of amides is 1. The first kappa shape index (κ1) is 16.7. The van der Waals surface area contributed by atoms with Crippen LogP contribution in [0.2, 0.25) is 0 Å². The summed E-state index contributed by atoms with van der Waals surface area (Å²) in [5.74, 6) is -1.62. The number of alkyl halides is 2. The quantitative estimate of drug-likeness (QED) is 0.720. The summed E-state index contributed by atoms with van der Waals surface area (Å²) in [7, 11) is 1.24. The first-order valence-electron chi connectivity index (χ1n) is 6.60. The second-order valence-electron chi connectivity index (χ2n) is 4.57. The van der Waals surface area contributed by atoms with Crippen molar-refractivity contribution >= 4 is 17.2 Å². The van der Waals surface area contributed by atoms with Crippen molar-refractivity contribution in [2.75, 3.05) is 7.11 Å². The highest BCUT2D eigenvalue weighted by atomic mass is 32.1. The summed E-state index contributed by atoms with van der Waals surface area (Å²) in [6.07, 6.45) is -1.56. The minimum Gasteiger partial charge on any atom is -0.490 e. The molecule has 0 aliphatic heterocycles. The van der Waals surface area contributed by atoms with Gasteiger partial charge in [-0.3, -0.25) is 4.79 Å². The van der Waals surface area contributed by atoms with Crippen molar-refractivity contribution in [1.82, 2.24) is 20.0 Å². The van der Waals surface area contributed by atoms with Gasteiger partial charge in [-0.2, -0.15) is 5.10 Å². The van der Waals surface area contributed by atoms with Gasteiger partial charge in [0.1, 0.15) is 5.69 Å². The molecule has 0 aliphatic rings. The molecule has 0 saturated carbocycles. The molecule has 0 atom stereocenters. The molecule has 0 radical (unpaired) electrons. The lowest BCUT2D eigenvalue weighted by molar-refractivity contribution is 0.0969. The molecule has 1 amide bonds. The van der Waals surface area contributed by atoms with Gasteiger partial charge in [0.05, 0.1) is 12.7 Å². The Morgan fingerprint density at radius 1 is 1.44 bits per heavy atom. The maximum Gasteiger partial charge on any atom is 0.379 e. The van der Waals surface area contributed by atoms with Gasteiger partial charge in [0, 0.05) is 12.3 Å². The number of hydrogen-bond donors (Lipinski definition) is 1. The van der Waals surface area contributed by atoms with E-state index in [0.717, 1.165) is 22.1 Å². The van der Waals surface area contributed by atoms with E-state index in [1.54, 1.807) is 0 Å². The van der Waals surface area contributed by atoms with E-state index >= 15 is 0 Å². The fourth-order valence-corrected chi connectivity index (χ4v) is 2.82.